The van der Waals surface area contributed by atoms with Crippen molar-refractivity contribution in [1.82, 2.24) is 10.1 Å². The minimum Gasteiger partial charge on any atom is -0.361 e. The molecule has 2 aromatic heterocycles. The molecule has 2 heterocycles. The van der Waals surface area contributed by atoms with Gasteiger partial charge < -0.3 is 9.84 Å². The zero-order valence-electron chi connectivity index (χ0n) is 16.1. The summed E-state index contributed by atoms with van der Waals surface area (Å²) in [6.45, 7) is 3.73. The van der Waals surface area contributed by atoms with Crippen LogP contribution in [0.1, 0.15) is 27.4 Å². The second-order valence-electron chi connectivity index (χ2n) is 6.35. The Morgan fingerprint density at radius 1 is 1.14 bits per heavy atom. The van der Waals surface area contributed by atoms with E-state index in [1.807, 2.05) is 13.8 Å². The fourth-order valence-electron chi connectivity index (χ4n) is 2.56. The van der Waals surface area contributed by atoms with Crippen LogP contribution < -0.4 is 10.0 Å². The monoisotopic (exact) mass is 432 g/mol. The zero-order chi connectivity index (χ0) is 21.0. The van der Waals surface area contributed by atoms with Crippen LogP contribution in [0.3, 0.4) is 0 Å². The minimum atomic E-state index is -3.35. The Balaban J connectivity index is 1.71. The molecular formula is C19H20N4O4S2. The van der Waals surface area contributed by atoms with Crippen molar-refractivity contribution in [2.45, 2.75) is 24.6 Å². The van der Waals surface area contributed by atoms with Gasteiger partial charge in [-0.2, -0.15) is 0 Å². The summed E-state index contributed by atoms with van der Waals surface area (Å²) < 4.78 is 30.1. The summed E-state index contributed by atoms with van der Waals surface area (Å²) in [4.78, 5) is 17.1. The van der Waals surface area contributed by atoms with Gasteiger partial charge in [0.15, 0.2) is 0 Å². The van der Waals surface area contributed by atoms with Crippen molar-refractivity contribution < 1.29 is 17.7 Å². The zero-order valence-corrected chi connectivity index (χ0v) is 17.7. The van der Waals surface area contributed by atoms with Crippen molar-refractivity contribution in [2.24, 2.45) is 0 Å². The number of nitrogens with one attached hydrogen (secondary N) is 2. The lowest BCUT2D eigenvalue weighted by molar-refractivity contribution is 0.102. The SMILES string of the molecule is Cc1noc(C)c1CSc1ncccc1C(=O)Nc1ccc(NS(C)(=O)=O)cc1. The Morgan fingerprint density at radius 3 is 2.45 bits per heavy atom. The van der Waals surface area contributed by atoms with Gasteiger partial charge in [0.1, 0.15) is 10.8 Å². The van der Waals surface area contributed by atoms with Gasteiger partial charge in [-0.1, -0.05) is 5.16 Å². The maximum Gasteiger partial charge on any atom is 0.258 e. The molecule has 3 rings (SSSR count). The summed E-state index contributed by atoms with van der Waals surface area (Å²) in [7, 11) is -3.35. The highest BCUT2D eigenvalue weighted by molar-refractivity contribution is 7.98. The lowest BCUT2D eigenvalue weighted by Crippen LogP contribution is -2.14. The largest absolute Gasteiger partial charge is 0.361 e. The van der Waals surface area contributed by atoms with Crippen LogP contribution in [0.5, 0.6) is 0 Å². The summed E-state index contributed by atoms with van der Waals surface area (Å²) in [5.41, 5.74) is 3.21. The molecule has 0 unspecified atom stereocenters. The lowest BCUT2D eigenvalue weighted by atomic mass is 10.2. The molecule has 0 aliphatic carbocycles. The molecule has 10 heteroatoms. The van der Waals surface area contributed by atoms with Crippen LogP contribution in [0.25, 0.3) is 0 Å². The van der Waals surface area contributed by atoms with Gasteiger partial charge in [0.25, 0.3) is 5.91 Å². The molecular weight excluding hydrogens is 412 g/mol. The van der Waals surface area contributed by atoms with Crippen LogP contribution in [-0.2, 0) is 15.8 Å². The third kappa shape index (κ3) is 5.58. The van der Waals surface area contributed by atoms with Crippen molar-refractivity contribution in [2.75, 3.05) is 16.3 Å². The lowest BCUT2D eigenvalue weighted by Gasteiger charge is -2.10. The van der Waals surface area contributed by atoms with Gasteiger partial charge in [-0.25, -0.2) is 13.4 Å². The molecule has 0 aliphatic heterocycles. The van der Waals surface area contributed by atoms with Crippen LogP contribution in [0.2, 0.25) is 0 Å². The first-order chi connectivity index (χ1) is 13.7. The molecule has 0 aliphatic rings. The fraction of sp³-hybridized carbons (Fsp3) is 0.211. The number of nitrogens with zero attached hydrogens (tertiary/aromatic N) is 2. The van der Waals surface area contributed by atoms with E-state index in [4.69, 9.17) is 4.52 Å². The van der Waals surface area contributed by atoms with Gasteiger partial charge in [-0.3, -0.25) is 9.52 Å². The van der Waals surface area contributed by atoms with E-state index in [-0.39, 0.29) is 5.91 Å². The van der Waals surface area contributed by atoms with Crippen molar-refractivity contribution >= 4 is 39.1 Å². The Morgan fingerprint density at radius 2 is 1.83 bits per heavy atom. The van der Waals surface area contributed by atoms with E-state index >= 15 is 0 Å². The third-order valence-electron chi connectivity index (χ3n) is 4.00. The van der Waals surface area contributed by atoms with Crippen molar-refractivity contribution in [3.8, 4) is 0 Å². The number of amides is 1. The summed E-state index contributed by atoms with van der Waals surface area (Å²) in [6, 6.07) is 9.81. The summed E-state index contributed by atoms with van der Waals surface area (Å²) in [6.07, 6.45) is 2.71. The Kier molecular flexibility index (Phi) is 6.23. The third-order valence-corrected chi connectivity index (χ3v) is 5.63. The van der Waals surface area contributed by atoms with E-state index in [0.29, 0.717) is 27.7 Å². The number of carbonyl (C=O) groups is 1. The van der Waals surface area contributed by atoms with E-state index in [1.165, 1.54) is 11.8 Å². The maximum absolute atomic E-state index is 12.7. The molecule has 2 N–H and O–H groups in total. The molecule has 0 radical (unpaired) electrons. The highest BCUT2D eigenvalue weighted by atomic mass is 32.2. The predicted molar refractivity (Wildman–Crippen MR) is 113 cm³/mol. The van der Waals surface area contributed by atoms with Crippen LogP contribution in [0, 0.1) is 13.8 Å². The average molecular weight is 433 g/mol. The molecule has 0 fully saturated rings. The van der Waals surface area contributed by atoms with Crippen molar-refractivity contribution in [3.05, 3.63) is 65.2 Å². The molecule has 3 aromatic rings. The first-order valence-corrected chi connectivity index (χ1v) is 11.5. The number of anilines is 2. The molecule has 0 saturated heterocycles. The summed E-state index contributed by atoms with van der Waals surface area (Å²) in [5, 5.41) is 7.34. The summed E-state index contributed by atoms with van der Waals surface area (Å²) in [5.74, 6) is 1.03. The molecule has 29 heavy (non-hydrogen) atoms. The molecule has 152 valence electrons. The number of aryl methyl sites for hydroxylation is 2. The molecule has 8 nitrogen and oxygen atoms in total. The van der Waals surface area contributed by atoms with Crippen LogP contribution in [0.4, 0.5) is 11.4 Å². The van der Waals surface area contributed by atoms with Crippen LogP contribution in [-0.4, -0.2) is 30.7 Å². The number of rotatable bonds is 7. The van der Waals surface area contributed by atoms with Gasteiger partial charge in [-0.15, -0.1) is 11.8 Å². The highest BCUT2D eigenvalue weighted by Crippen LogP contribution is 2.27. The Bertz CT molecular complexity index is 1110. The van der Waals surface area contributed by atoms with Gasteiger partial charge in [-0.05, 0) is 50.2 Å². The van der Waals surface area contributed by atoms with E-state index in [0.717, 1.165) is 23.3 Å². The van der Waals surface area contributed by atoms with E-state index in [9.17, 15) is 13.2 Å². The number of benzene rings is 1. The Labute approximate surface area is 173 Å². The standard InChI is InChI=1S/C19H20N4O4S2/c1-12-17(13(2)27-22-12)11-28-19-16(5-4-10-20-19)18(24)21-14-6-8-15(9-7-14)23-29(3,25)26/h4-10,23H,11H2,1-3H3,(H,21,24). The fourth-order valence-corrected chi connectivity index (χ4v) is 4.27. The van der Waals surface area contributed by atoms with E-state index < -0.39 is 10.0 Å². The van der Waals surface area contributed by atoms with Crippen LogP contribution in [0.15, 0.2) is 52.1 Å². The molecule has 0 saturated carbocycles. The normalized spacial score (nSPS) is 11.3. The molecule has 1 amide bonds. The van der Waals surface area contributed by atoms with Gasteiger partial charge in [0, 0.05) is 28.9 Å². The van der Waals surface area contributed by atoms with Gasteiger partial charge >= 0.3 is 0 Å². The number of pyridine rings is 1. The second-order valence-corrected chi connectivity index (χ2v) is 9.07. The smallest absolute Gasteiger partial charge is 0.258 e. The minimum absolute atomic E-state index is 0.303. The first-order valence-electron chi connectivity index (χ1n) is 8.62. The number of thioether (sulfide) groups is 1. The second kappa shape index (κ2) is 8.66. The topological polar surface area (TPSA) is 114 Å². The van der Waals surface area contributed by atoms with E-state index in [1.54, 1.807) is 42.6 Å². The highest BCUT2D eigenvalue weighted by Gasteiger charge is 2.16. The number of hydrogen-bond acceptors (Lipinski definition) is 7. The molecule has 1 aromatic carbocycles. The van der Waals surface area contributed by atoms with E-state index in [2.05, 4.69) is 20.2 Å². The van der Waals surface area contributed by atoms with Gasteiger partial charge in [0.2, 0.25) is 10.0 Å². The quantitative estimate of drug-likeness (QED) is 0.548. The van der Waals surface area contributed by atoms with Gasteiger partial charge in [0.05, 0.1) is 17.5 Å². The predicted octanol–water partition coefficient (Wildman–Crippen LogP) is 3.60. The number of hydrogen-bond donors (Lipinski definition) is 2. The maximum atomic E-state index is 12.7. The molecule has 0 spiro atoms. The average Bonchev–Trinajstić information content (AvgIpc) is 2.98. The number of sulfonamides is 1. The number of carbonyl (C=O) groups excluding carboxylic acids is 1. The molecule has 0 atom stereocenters. The summed E-state index contributed by atoms with van der Waals surface area (Å²) >= 11 is 1.43. The van der Waals surface area contributed by atoms with Crippen LogP contribution >= 0.6 is 11.8 Å². The van der Waals surface area contributed by atoms with Crippen molar-refractivity contribution in [3.63, 3.8) is 0 Å². The molecule has 0 bridgehead atoms. The first kappa shape index (κ1) is 20.9. The Hall–Kier alpha value is -2.85. The number of aromatic nitrogens is 2. The van der Waals surface area contributed by atoms with Crippen molar-refractivity contribution in [1.29, 1.82) is 0 Å².